The number of nitrogens with one attached hydrogen (secondary N) is 1. The van der Waals surface area contributed by atoms with Crippen molar-refractivity contribution < 1.29 is 14.3 Å². The molecule has 1 fully saturated rings. The lowest BCUT2D eigenvalue weighted by molar-refractivity contribution is -0.145. The lowest BCUT2D eigenvalue weighted by Crippen LogP contribution is -2.55. The molecule has 0 saturated carbocycles. The van der Waals surface area contributed by atoms with Crippen LogP contribution in [0.5, 0.6) is 0 Å². The van der Waals surface area contributed by atoms with Gasteiger partial charge in [-0.2, -0.15) is 0 Å². The van der Waals surface area contributed by atoms with E-state index in [2.05, 4.69) is 17.4 Å². The standard InChI is InChI=1S/C18H25N3O3/c1-2-6-15(20-17(19)23)16(22)21-10-5-9-18(12-21)14-8-4-3-7-13(14)11-24-18/h3-4,7-8,15H,2,5-6,9-12H2,1H3,(H3,19,20,23)/t15-,18?/m1/s1. The third-order valence-electron chi connectivity index (χ3n) is 4.97. The summed E-state index contributed by atoms with van der Waals surface area (Å²) < 4.78 is 6.15. The maximum absolute atomic E-state index is 12.9. The number of hydrogen-bond acceptors (Lipinski definition) is 3. The number of hydrogen-bond donors (Lipinski definition) is 2. The van der Waals surface area contributed by atoms with Gasteiger partial charge in [-0.05, 0) is 30.4 Å². The van der Waals surface area contributed by atoms with Crippen LogP contribution in [0.2, 0.25) is 0 Å². The first-order valence-electron chi connectivity index (χ1n) is 8.63. The highest BCUT2D eigenvalue weighted by Crippen LogP contribution is 2.42. The van der Waals surface area contributed by atoms with Gasteiger partial charge in [0.15, 0.2) is 0 Å². The summed E-state index contributed by atoms with van der Waals surface area (Å²) in [5.74, 6) is -0.0669. The van der Waals surface area contributed by atoms with E-state index in [1.54, 1.807) is 0 Å². The molecule has 2 atom stereocenters. The molecule has 2 heterocycles. The fraction of sp³-hybridized carbons (Fsp3) is 0.556. The second kappa shape index (κ2) is 6.81. The van der Waals surface area contributed by atoms with Gasteiger partial charge in [-0.15, -0.1) is 0 Å². The Bertz CT molecular complexity index is 630. The lowest BCUT2D eigenvalue weighted by Gasteiger charge is -2.41. The number of fused-ring (bicyclic) bond motifs is 2. The van der Waals surface area contributed by atoms with Crippen molar-refractivity contribution in [2.45, 2.75) is 50.9 Å². The lowest BCUT2D eigenvalue weighted by atomic mass is 9.84. The highest BCUT2D eigenvalue weighted by molar-refractivity contribution is 5.86. The van der Waals surface area contributed by atoms with E-state index in [1.807, 2.05) is 24.0 Å². The molecule has 6 heteroatoms. The van der Waals surface area contributed by atoms with Crippen LogP contribution in [0.3, 0.4) is 0 Å². The molecule has 6 nitrogen and oxygen atoms in total. The molecular formula is C18H25N3O3. The van der Waals surface area contributed by atoms with Gasteiger partial charge in [0.1, 0.15) is 11.6 Å². The van der Waals surface area contributed by atoms with Gasteiger partial charge in [-0.1, -0.05) is 37.6 Å². The maximum atomic E-state index is 12.9. The molecule has 1 aromatic rings. The summed E-state index contributed by atoms with van der Waals surface area (Å²) >= 11 is 0. The van der Waals surface area contributed by atoms with Crippen molar-refractivity contribution in [2.75, 3.05) is 13.1 Å². The number of amides is 3. The van der Waals surface area contributed by atoms with E-state index in [0.29, 0.717) is 26.1 Å². The largest absolute Gasteiger partial charge is 0.364 e. The van der Waals surface area contributed by atoms with E-state index >= 15 is 0 Å². The molecule has 2 aliphatic heterocycles. The van der Waals surface area contributed by atoms with Crippen molar-refractivity contribution >= 4 is 11.9 Å². The SMILES string of the molecule is CCC[C@@H](NC(N)=O)C(=O)N1CCCC2(C1)OCc1ccccc12. The summed E-state index contributed by atoms with van der Waals surface area (Å²) in [6, 6.07) is 7.00. The Kier molecular flexibility index (Phi) is 4.76. The number of urea groups is 1. The molecule has 3 N–H and O–H groups in total. The molecule has 1 unspecified atom stereocenters. The molecule has 0 aliphatic carbocycles. The number of nitrogens with zero attached hydrogens (tertiary/aromatic N) is 1. The van der Waals surface area contributed by atoms with Crippen molar-refractivity contribution in [1.82, 2.24) is 10.2 Å². The molecule has 1 saturated heterocycles. The Morgan fingerprint density at radius 2 is 2.21 bits per heavy atom. The number of primary amides is 1. The smallest absolute Gasteiger partial charge is 0.312 e. The van der Waals surface area contributed by atoms with E-state index in [-0.39, 0.29) is 5.91 Å². The molecule has 130 valence electrons. The predicted molar refractivity (Wildman–Crippen MR) is 90.1 cm³/mol. The molecule has 0 bridgehead atoms. The molecule has 0 aromatic heterocycles. The number of likely N-dealkylation sites (tertiary alicyclic amines) is 1. The Morgan fingerprint density at radius 3 is 2.96 bits per heavy atom. The van der Waals surface area contributed by atoms with Gasteiger partial charge in [-0.25, -0.2) is 4.79 Å². The molecular weight excluding hydrogens is 306 g/mol. The monoisotopic (exact) mass is 331 g/mol. The van der Waals surface area contributed by atoms with Gasteiger partial charge in [0.2, 0.25) is 5.91 Å². The second-order valence-corrected chi connectivity index (χ2v) is 6.65. The number of ether oxygens (including phenoxy) is 1. The predicted octanol–water partition coefficient (Wildman–Crippen LogP) is 1.87. The summed E-state index contributed by atoms with van der Waals surface area (Å²) in [5, 5.41) is 2.58. The van der Waals surface area contributed by atoms with Crippen molar-refractivity contribution in [2.24, 2.45) is 5.73 Å². The van der Waals surface area contributed by atoms with E-state index < -0.39 is 17.7 Å². The van der Waals surface area contributed by atoms with Crippen LogP contribution in [0.4, 0.5) is 4.79 Å². The summed E-state index contributed by atoms with van der Waals surface area (Å²) in [6.07, 6.45) is 3.18. The molecule has 2 aliphatic rings. The van der Waals surface area contributed by atoms with Crippen LogP contribution in [0.1, 0.15) is 43.7 Å². The second-order valence-electron chi connectivity index (χ2n) is 6.65. The zero-order valence-corrected chi connectivity index (χ0v) is 14.1. The number of benzene rings is 1. The third kappa shape index (κ3) is 3.11. The van der Waals surface area contributed by atoms with Crippen LogP contribution < -0.4 is 11.1 Å². The highest BCUT2D eigenvalue weighted by atomic mass is 16.5. The van der Waals surface area contributed by atoms with Gasteiger partial charge in [0.25, 0.3) is 0 Å². The minimum Gasteiger partial charge on any atom is -0.364 e. The average molecular weight is 331 g/mol. The van der Waals surface area contributed by atoms with E-state index in [0.717, 1.165) is 19.3 Å². The first-order valence-corrected chi connectivity index (χ1v) is 8.63. The topological polar surface area (TPSA) is 84.7 Å². The van der Waals surface area contributed by atoms with Gasteiger partial charge in [-0.3, -0.25) is 4.79 Å². The fourth-order valence-electron chi connectivity index (χ4n) is 3.87. The first kappa shape index (κ1) is 16.8. The van der Waals surface area contributed by atoms with Gasteiger partial charge in [0.05, 0.1) is 13.2 Å². The first-order chi connectivity index (χ1) is 11.6. The number of carbonyl (C=O) groups is 2. The minimum atomic E-state index is -0.656. The number of carbonyl (C=O) groups excluding carboxylic acids is 2. The maximum Gasteiger partial charge on any atom is 0.312 e. The molecule has 1 spiro atoms. The van der Waals surface area contributed by atoms with Crippen LogP contribution >= 0.6 is 0 Å². The van der Waals surface area contributed by atoms with Crippen LogP contribution in [0, 0.1) is 0 Å². The van der Waals surface area contributed by atoms with Crippen molar-refractivity contribution in [3.05, 3.63) is 35.4 Å². The van der Waals surface area contributed by atoms with Crippen LogP contribution in [0.15, 0.2) is 24.3 Å². The Morgan fingerprint density at radius 1 is 1.42 bits per heavy atom. The van der Waals surface area contributed by atoms with Crippen LogP contribution in [-0.2, 0) is 21.7 Å². The minimum absolute atomic E-state index is 0.0669. The van der Waals surface area contributed by atoms with E-state index in [1.165, 1.54) is 11.1 Å². The summed E-state index contributed by atoms with van der Waals surface area (Å²) in [4.78, 5) is 25.9. The number of nitrogens with two attached hydrogens (primary N) is 1. The van der Waals surface area contributed by atoms with Crippen molar-refractivity contribution in [3.8, 4) is 0 Å². The summed E-state index contributed by atoms with van der Waals surface area (Å²) in [6.45, 7) is 3.80. The Labute approximate surface area is 142 Å². The molecule has 0 radical (unpaired) electrons. The van der Waals surface area contributed by atoms with Gasteiger partial charge >= 0.3 is 6.03 Å². The van der Waals surface area contributed by atoms with Gasteiger partial charge < -0.3 is 20.7 Å². The Hall–Kier alpha value is -2.08. The zero-order chi connectivity index (χ0) is 17.2. The van der Waals surface area contributed by atoms with Crippen molar-refractivity contribution in [1.29, 1.82) is 0 Å². The number of piperidine rings is 1. The summed E-state index contributed by atoms with van der Waals surface area (Å²) in [5.41, 5.74) is 7.21. The van der Waals surface area contributed by atoms with Crippen LogP contribution in [-0.4, -0.2) is 36.0 Å². The van der Waals surface area contributed by atoms with E-state index in [9.17, 15) is 9.59 Å². The average Bonchev–Trinajstić information content (AvgIpc) is 2.92. The molecule has 1 aromatic carbocycles. The van der Waals surface area contributed by atoms with Gasteiger partial charge in [0, 0.05) is 6.54 Å². The van der Waals surface area contributed by atoms with Crippen molar-refractivity contribution in [3.63, 3.8) is 0 Å². The Balaban J connectivity index is 1.78. The highest BCUT2D eigenvalue weighted by Gasteiger charge is 2.45. The molecule has 24 heavy (non-hydrogen) atoms. The quantitative estimate of drug-likeness (QED) is 0.883. The number of rotatable bonds is 4. The zero-order valence-electron chi connectivity index (χ0n) is 14.1. The summed E-state index contributed by atoms with van der Waals surface area (Å²) in [7, 11) is 0. The molecule has 3 rings (SSSR count). The molecule has 3 amide bonds. The third-order valence-corrected chi connectivity index (χ3v) is 4.97. The fourth-order valence-corrected chi connectivity index (χ4v) is 3.87. The normalized spacial score (nSPS) is 23.8. The van der Waals surface area contributed by atoms with E-state index in [4.69, 9.17) is 10.5 Å². The van der Waals surface area contributed by atoms with Crippen LogP contribution in [0.25, 0.3) is 0 Å².